The predicted octanol–water partition coefficient (Wildman–Crippen LogP) is 3.19. The molecule has 84 valence electrons. The molecule has 0 aromatic carbocycles. The predicted molar refractivity (Wildman–Crippen MR) is 65.9 cm³/mol. The van der Waals surface area contributed by atoms with Crippen molar-refractivity contribution < 1.29 is 4.79 Å². The van der Waals surface area contributed by atoms with Crippen molar-refractivity contribution in [1.29, 1.82) is 0 Å². The number of carbonyl (C=O) groups excluding carboxylic acids is 1. The van der Waals surface area contributed by atoms with Gasteiger partial charge in [0.05, 0.1) is 4.88 Å². The molecule has 1 aromatic heterocycles. The van der Waals surface area contributed by atoms with E-state index in [-0.39, 0.29) is 11.4 Å². The summed E-state index contributed by atoms with van der Waals surface area (Å²) in [4.78, 5) is 13.7. The molecule has 1 rings (SSSR count). The summed E-state index contributed by atoms with van der Waals surface area (Å²) in [5, 5.41) is 2.97. The second-order valence-corrected chi connectivity index (χ2v) is 5.85. The lowest BCUT2D eigenvalue weighted by Gasteiger charge is -2.24. The van der Waals surface area contributed by atoms with Crippen molar-refractivity contribution in [2.75, 3.05) is 5.88 Å². The Kier molecular flexibility index (Phi) is 4.17. The minimum atomic E-state index is -0.239. The van der Waals surface area contributed by atoms with E-state index in [4.69, 9.17) is 11.6 Å². The summed E-state index contributed by atoms with van der Waals surface area (Å²) in [6, 6.07) is 3.81. The second kappa shape index (κ2) is 4.99. The second-order valence-electron chi connectivity index (χ2n) is 4.19. The molecule has 0 aliphatic heterocycles. The minimum absolute atomic E-state index is 0.0109. The van der Waals surface area contributed by atoms with Gasteiger partial charge in [0.15, 0.2) is 0 Å². The van der Waals surface area contributed by atoms with Crippen LogP contribution in [0.5, 0.6) is 0 Å². The first-order chi connectivity index (χ1) is 6.94. The Morgan fingerprint density at radius 1 is 1.53 bits per heavy atom. The summed E-state index contributed by atoms with van der Waals surface area (Å²) in [7, 11) is 0. The molecule has 1 heterocycles. The fourth-order valence-corrected chi connectivity index (χ4v) is 2.46. The Bertz CT molecular complexity index is 346. The first-order valence-electron chi connectivity index (χ1n) is 4.89. The highest BCUT2D eigenvalue weighted by Gasteiger charge is 2.20. The summed E-state index contributed by atoms with van der Waals surface area (Å²) in [5.74, 6) is 0.541. The Labute approximate surface area is 99.6 Å². The summed E-state index contributed by atoms with van der Waals surface area (Å²) in [6.07, 6.45) is 0.769. The normalized spacial score (nSPS) is 11.5. The van der Waals surface area contributed by atoms with E-state index in [0.29, 0.717) is 5.88 Å². The van der Waals surface area contributed by atoms with E-state index in [1.807, 2.05) is 32.9 Å². The number of carbonyl (C=O) groups is 1. The van der Waals surface area contributed by atoms with Crippen molar-refractivity contribution in [3.05, 3.63) is 21.9 Å². The number of thiophene rings is 1. The van der Waals surface area contributed by atoms with E-state index in [9.17, 15) is 4.79 Å². The lowest BCUT2D eigenvalue weighted by atomic mass is 10.0. The van der Waals surface area contributed by atoms with Crippen molar-refractivity contribution in [2.24, 2.45) is 0 Å². The van der Waals surface area contributed by atoms with Crippen molar-refractivity contribution in [3.8, 4) is 0 Å². The number of hydrogen-bond donors (Lipinski definition) is 1. The number of halogens is 1. The molecule has 4 heteroatoms. The maximum absolute atomic E-state index is 11.8. The molecule has 0 aliphatic carbocycles. The largest absolute Gasteiger partial charge is 0.346 e. The molecule has 15 heavy (non-hydrogen) atoms. The summed E-state index contributed by atoms with van der Waals surface area (Å²) >= 11 is 7.18. The SMILES string of the molecule is Cc1ccc(C(=O)NC(C)(C)CCCl)s1. The van der Waals surface area contributed by atoms with Gasteiger partial charge in [0.1, 0.15) is 0 Å². The van der Waals surface area contributed by atoms with Gasteiger partial charge in [-0.2, -0.15) is 0 Å². The highest BCUT2D eigenvalue weighted by Crippen LogP contribution is 2.17. The molecule has 0 atom stereocenters. The molecule has 0 saturated heterocycles. The molecule has 1 aromatic rings. The molecule has 1 amide bonds. The van der Waals surface area contributed by atoms with Gasteiger partial charge in [0, 0.05) is 16.3 Å². The first kappa shape index (κ1) is 12.5. The number of hydrogen-bond acceptors (Lipinski definition) is 2. The van der Waals surface area contributed by atoms with E-state index < -0.39 is 0 Å². The van der Waals surface area contributed by atoms with Gasteiger partial charge >= 0.3 is 0 Å². The van der Waals surface area contributed by atoms with Gasteiger partial charge in [0.25, 0.3) is 5.91 Å². The minimum Gasteiger partial charge on any atom is -0.346 e. The number of alkyl halides is 1. The van der Waals surface area contributed by atoms with Crippen LogP contribution < -0.4 is 5.32 Å². The smallest absolute Gasteiger partial charge is 0.261 e. The third-order valence-electron chi connectivity index (χ3n) is 2.14. The molecule has 1 N–H and O–H groups in total. The Balaban J connectivity index is 2.63. The zero-order valence-electron chi connectivity index (χ0n) is 9.26. The van der Waals surface area contributed by atoms with E-state index >= 15 is 0 Å². The van der Waals surface area contributed by atoms with Crippen LogP contribution in [-0.4, -0.2) is 17.3 Å². The number of aryl methyl sites for hydroxylation is 1. The van der Waals surface area contributed by atoms with Crippen molar-refractivity contribution in [1.82, 2.24) is 5.32 Å². The van der Waals surface area contributed by atoms with Crippen LogP contribution in [-0.2, 0) is 0 Å². The Morgan fingerprint density at radius 3 is 2.67 bits per heavy atom. The first-order valence-corrected chi connectivity index (χ1v) is 6.24. The average Bonchev–Trinajstić information content (AvgIpc) is 2.50. The van der Waals surface area contributed by atoms with Crippen molar-refractivity contribution >= 4 is 28.8 Å². The van der Waals surface area contributed by atoms with Crippen LogP contribution in [0.3, 0.4) is 0 Å². The van der Waals surface area contributed by atoms with Gasteiger partial charge in [-0.1, -0.05) is 0 Å². The maximum atomic E-state index is 11.8. The van der Waals surface area contributed by atoms with E-state index in [1.54, 1.807) is 0 Å². The fourth-order valence-electron chi connectivity index (χ4n) is 1.22. The van der Waals surface area contributed by atoms with Crippen LogP contribution in [0, 0.1) is 6.92 Å². The van der Waals surface area contributed by atoms with E-state index in [0.717, 1.165) is 16.2 Å². The monoisotopic (exact) mass is 245 g/mol. The summed E-state index contributed by atoms with van der Waals surface area (Å²) in [6.45, 7) is 5.95. The van der Waals surface area contributed by atoms with Crippen LogP contribution in [0.2, 0.25) is 0 Å². The summed E-state index contributed by atoms with van der Waals surface area (Å²) < 4.78 is 0. The third-order valence-corrected chi connectivity index (χ3v) is 3.32. The van der Waals surface area contributed by atoms with Crippen LogP contribution in [0.4, 0.5) is 0 Å². The number of amides is 1. The maximum Gasteiger partial charge on any atom is 0.261 e. The number of rotatable bonds is 4. The lowest BCUT2D eigenvalue weighted by molar-refractivity contribution is 0.0916. The zero-order chi connectivity index (χ0) is 11.5. The molecule has 0 spiro atoms. The topological polar surface area (TPSA) is 29.1 Å². The van der Waals surface area contributed by atoms with E-state index in [1.165, 1.54) is 11.3 Å². The lowest BCUT2D eigenvalue weighted by Crippen LogP contribution is -2.43. The molecule has 0 radical (unpaired) electrons. The third kappa shape index (κ3) is 3.84. The average molecular weight is 246 g/mol. The highest BCUT2D eigenvalue weighted by atomic mass is 35.5. The van der Waals surface area contributed by atoms with Crippen molar-refractivity contribution in [3.63, 3.8) is 0 Å². The molecule has 0 unspecified atom stereocenters. The molecular weight excluding hydrogens is 230 g/mol. The molecule has 0 fully saturated rings. The summed E-state index contributed by atoms with van der Waals surface area (Å²) in [5.41, 5.74) is -0.239. The van der Waals surface area contributed by atoms with Crippen molar-refractivity contribution in [2.45, 2.75) is 32.7 Å². The van der Waals surface area contributed by atoms with Crippen LogP contribution >= 0.6 is 22.9 Å². The molecule has 2 nitrogen and oxygen atoms in total. The molecule has 0 aliphatic rings. The van der Waals surface area contributed by atoms with Gasteiger partial charge in [-0.3, -0.25) is 4.79 Å². The zero-order valence-corrected chi connectivity index (χ0v) is 10.8. The van der Waals surface area contributed by atoms with E-state index in [2.05, 4.69) is 5.32 Å². The quantitative estimate of drug-likeness (QED) is 0.811. The Morgan fingerprint density at radius 2 is 2.20 bits per heavy atom. The van der Waals surface area contributed by atoms with Gasteiger partial charge < -0.3 is 5.32 Å². The number of nitrogens with one attached hydrogen (secondary N) is 1. The Hall–Kier alpha value is -0.540. The van der Waals surface area contributed by atoms with Gasteiger partial charge in [-0.05, 0) is 39.3 Å². The fraction of sp³-hybridized carbons (Fsp3) is 0.545. The van der Waals surface area contributed by atoms with Crippen LogP contribution in [0.15, 0.2) is 12.1 Å². The van der Waals surface area contributed by atoms with Gasteiger partial charge in [0.2, 0.25) is 0 Å². The highest BCUT2D eigenvalue weighted by molar-refractivity contribution is 7.13. The molecular formula is C11H16ClNOS. The molecule has 0 bridgehead atoms. The molecule has 0 saturated carbocycles. The van der Waals surface area contributed by atoms with Crippen LogP contribution in [0.25, 0.3) is 0 Å². The standard InChI is InChI=1S/C11H16ClNOS/c1-8-4-5-9(15-8)10(14)13-11(2,3)6-7-12/h4-5H,6-7H2,1-3H3,(H,13,14). The van der Waals surface area contributed by atoms with Gasteiger partial charge in [-0.25, -0.2) is 0 Å². The van der Waals surface area contributed by atoms with Gasteiger partial charge in [-0.15, -0.1) is 22.9 Å². The van der Waals surface area contributed by atoms with Crippen LogP contribution in [0.1, 0.15) is 34.8 Å².